The average Bonchev–Trinajstić information content (AvgIpc) is 3.10. The number of nitrogens with two attached hydrogens (primary N) is 1. The summed E-state index contributed by atoms with van der Waals surface area (Å²) in [6.45, 7) is 0.205. The van der Waals surface area contributed by atoms with Gasteiger partial charge in [-0.05, 0) is 24.8 Å². The van der Waals surface area contributed by atoms with Gasteiger partial charge in [-0.15, -0.1) is 0 Å². The van der Waals surface area contributed by atoms with Crippen molar-refractivity contribution in [2.75, 3.05) is 6.54 Å². The summed E-state index contributed by atoms with van der Waals surface area (Å²) in [4.78, 5) is 11.2. The van der Waals surface area contributed by atoms with Crippen LogP contribution in [-0.2, 0) is 14.8 Å². The van der Waals surface area contributed by atoms with Crippen LogP contribution >= 0.6 is 0 Å². The van der Waals surface area contributed by atoms with E-state index in [1.807, 2.05) is 0 Å². The van der Waals surface area contributed by atoms with Gasteiger partial charge in [-0.3, -0.25) is 4.79 Å². The van der Waals surface area contributed by atoms with Gasteiger partial charge in [0.2, 0.25) is 5.91 Å². The quantitative estimate of drug-likeness (QED) is 0.751. The molecule has 1 fully saturated rings. The number of allylic oxidation sites excluding steroid dienone is 2. The number of carbonyl (C=O) groups is 1. The van der Waals surface area contributed by atoms with Gasteiger partial charge < -0.3 is 5.73 Å². The molecule has 0 aliphatic heterocycles. The number of carbonyl (C=O) groups excluding carboxylic acids is 1. The van der Waals surface area contributed by atoms with E-state index in [1.165, 1.54) is 18.2 Å². The SMILES string of the molecule is NC(=O)C1C=CC=CC1(F)S(=O)(=O)NCC1CC1. The highest BCUT2D eigenvalue weighted by atomic mass is 32.2. The second-order valence-electron chi connectivity index (χ2n) is 4.62. The van der Waals surface area contributed by atoms with E-state index in [2.05, 4.69) is 4.72 Å². The van der Waals surface area contributed by atoms with Crippen molar-refractivity contribution >= 4 is 15.9 Å². The second-order valence-corrected chi connectivity index (χ2v) is 6.54. The first-order valence-corrected chi connectivity index (χ1v) is 7.18. The van der Waals surface area contributed by atoms with Crippen molar-refractivity contribution in [1.29, 1.82) is 0 Å². The molecule has 7 heteroatoms. The molecule has 2 unspecified atom stereocenters. The lowest BCUT2D eigenvalue weighted by Crippen LogP contribution is -2.51. The van der Waals surface area contributed by atoms with E-state index in [0.29, 0.717) is 0 Å². The molecule has 3 N–H and O–H groups in total. The molecule has 0 heterocycles. The van der Waals surface area contributed by atoms with Crippen LogP contribution in [0.1, 0.15) is 12.8 Å². The fraction of sp³-hybridized carbons (Fsp3) is 0.545. The predicted octanol–water partition coefficient (Wildman–Crippen LogP) is 0.209. The number of nitrogens with one attached hydrogen (secondary N) is 1. The van der Waals surface area contributed by atoms with E-state index >= 15 is 0 Å². The molecule has 0 spiro atoms. The molecule has 2 rings (SSSR count). The zero-order valence-corrected chi connectivity index (χ0v) is 10.5. The van der Waals surface area contributed by atoms with Gasteiger partial charge in [0.15, 0.2) is 0 Å². The normalized spacial score (nSPS) is 31.5. The Bertz CT molecular complexity index is 510. The molecule has 2 aliphatic carbocycles. The number of rotatable bonds is 5. The van der Waals surface area contributed by atoms with Crippen LogP contribution in [0.15, 0.2) is 24.3 Å². The molecule has 5 nitrogen and oxygen atoms in total. The third-order valence-electron chi connectivity index (χ3n) is 3.14. The Morgan fingerprint density at radius 1 is 1.44 bits per heavy atom. The van der Waals surface area contributed by atoms with Gasteiger partial charge in [-0.1, -0.05) is 18.2 Å². The van der Waals surface area contributed by atoms with Gasteiger partial charge in [0.05, 0.1) is 0 Å². The number of hydrogen-bond donors (Lipinski definition) is 2. The summed E-state index contributed by atoms with van der Waals surface area (Å²) in [5.41, 5.74) is 5.05. The molecule has 0 radical (unpaired) electrons. The number of primary amides is 1. The van der Waals surface area contributed by atoms with Crippen molar-refractivity contribution in [2.45, 2.75) is 17.8 Å². The third-order valence-corrected chi connectivity index (χ3v) is 4.90. The third kappa shape index (κ3) is 2.32. The predicted molar refractivity (Wildman–Crippen MR) is 64.4 cm³/mol. The van der Waals surface area contributed by atoms with Crippen molar-refractivity contribution in [2.24, 2.45) is 17.6 Å². The topological polar surface area (TPSA) is 89.3 Å². The van der Waals surface area contributed by atoms with E-state index in [-0.39, 0.29) is 12.5 Å². The van der Waals surface area contributed by atoms with Crippen LogP contribution in [0.25, 0.3) is 0 Å². The summed E-state index contributed by atoms with van der Waals surface area (Å²) in [6.07, 6.45) is 6.57. The molecule has 0 aromatic rings. The summed E-state index contributed by atoms with van der Waals surface area (Å²) in [5.74, 6) is -2.23. The van der Waals surface area contributed by atoms with Crippen molar-refractivity contribution in [1.82, 2.24) is 4.72 Å². The molecule has 18 heavy (non-hydrogen) atoms. The smallest absolute Gasteiger partial charge is 0.257 e. The van der Waals surface area contributed by atoms with E-state index in [4.69, 9.17) is 5.73 Å². The monoisotopic (exact) mass is 274 g/mol. The molecule has 1 saturated carbocycles. The van der Waals surface area contributed by atoms with Crippen LogP contribution in [-0.4, -0.2) is 25.9 Å². The standard InChI is InChI=1S/C11H15FN2O3S/c12-11(6-2-1-3-9(11)10(13)15)18(16,17)14-7-8-4-5-8/h1-3,6,8-9,14H,4-5,7H2,(H2,13,15). The van der Waals surface area contributed by atoms with E-state index in [0.717, 1.165) is 18.9 Å². The maximum Gasteiger partial charge on any atom is 0.257 e. The number of alkyl halides is 1. The van der Waals surface area contributed by atoms with E-state index in [1.54, 1.807) is 0 Å². The molecule has 0 saturated heterocycles. The highest BCUT2D eigenvalue weighted by Gasteiger charge is 2.51. The Hall–Kier alpha value is -1.21. The van der Waals surface area contributed by atoms with Gasteiger partial charge in [-0.25, -0.2) is 17.5 Å². The van der Waals surface area contributed by atoms with Crippen LogP contribution in [0.5, 0.6) is 0 Å². The first-order chi connectivity index (χ1) is 8.37. The van der Waals surface area contributed by atoms with Gasteiger partial charge in [0, 0.05) is 6.54 Å². The van der Waals surface area contributed by atoms with Crippen molar-refractivity contribution in [3.05, 3.63) is 24.3 Å². The average molecular weight is 274 g/mol. The molecule has 100 valence electrons. The van der Waals surface area contributed by atoms with E-state index < -0.39 is 26.8 Å². The van der Waals surface area contributed by atoms with Crippen LogP contribution < -0.4 is 10.5 Å². The largest absolute Gasteiger partial charge is 0.369 e. The van der Waals surface area contributed by atoms with Gasteiger partial charge in [-0.2, -0.15) is 0 Å². The minimum absolute atomic E-state index is 0.205. The highest BCUT2D eigenvalue weighted by molar-refractivity contribution is 7.91. The number of halogens is 1. The zero-order valence-electron chi connectivity index (χ0n) is 9.67. The Morgan fingerprint density at radius 2 is 2.11 bits per heavy atom. The lowest BCUT2D eigenvalue weighted by Gasteiger charge is -2.28. The number of amides is 1. The summed E-state index contributed by atoms with van der Waals surface area (Å²) >= 11 is 0. The molecular weight excluding hydrogens is 259 g/mol. The van der Waals surface area contributed by atoms with Crippen LogP contribution in [0.2, 0.25) is 0 Å². The summed E-state index contributed by atoms with van der Waals surface area (Å²) in [7, 11) is -4.29. The fourth-order valence-corrected chi connectivity index (χ4v) is 3.27. The Kier molecular flexibility index (Phi) is 3.29. The molecular formula is C11H15FN2O3S. The van der Waals surface area contributed by atoms with Gasteiger partial charge in [0.25, 0.3) is 15.0 Å². The maximum absolute atomic E-state index is 14.6. The highest BCUT2D eigenvalue weighted by Crippen LogP contribution is 2.35. The number of sulfonamides is 1. The Balaban J connectivity index is 2.23. The Morgan fingerprint density at radius 3 is 2.67 bits per heavy atom. The van der Waals surface area contributed by atoms with Crippen molar-refractivity contribution in [3.8, 4) is 0 Å². The minimum atomic E-state index is -4.29. The maximum atomic E-state index is 14.6. The molecule has 0 aromatic carbocycles. The molecule has 2 aliphatic rings. The summed E-state index contributed by atoms with van der Waals surface area (Å²) in [5, 5.41) is -2.80. The fourth-order valence-electron chi connectivity index (χ4n) is 1.80. The minimum Gasteiger partial charge on any atom is -0.369 e. The van der Waals surface area contributed by atoms with Crippen LogP contribution in [0, 0.1) is 11.8 Å². The van der Waals surface area contributed by atoms with Crippen molar-refractivity contribution in [3.63, 3.8) is 0 Å². The van der Waals surface area contributed by atoms with Gasteiger partial charge >= 0.3 is 0 Å². The number of hydrogen-bond acceptors (Lipinski definition) is 3. The second kappa shape index (κ2) is 4.47. The lowest BCUT2D eigenvalue weighted by atomic mass is 9.98. The first-order valence-electron chi connectivity index (χ1n) is 5.70. The molecule has 2 atom stereocenters. The van der Waals surface area contributed by atoms with Gasteiger partial charge in [0.1, 0.15) is 5.92 Å². The summed E-state index contributed by atoms with van der Waals surface area (Å²) in [6, 6.07) is 0. The lowest BCUT2D eigenvalue weighted by molar-refractivity contribution is -0.122. The van der Waals surface area contributed by atoms with Crippen molar-refractivity contribution < 1.29 is 17.6 Å². The molecule has 1 amide bonds. The zero-order chi connectivity index (χ0) is 13.4. The van der Waals surface area contributed by atoms with Crippen LogP contribution in [0.3, 0.4) is 0 Å². The molecule has 0 aromatic heterocycles. The Labute approximate surface area is 105 Å². The first kappa shape index (κ1) is 13.2. The van der Waals surface area contributed by atoms with E-state index in [9.17, 15) is 17.6 Å². The van der Waals surface area contributed by atoms with Crippen LogP contribution in [0.4, 0.5) is 4.39 Å². The summed E-state index contributed by atoms with van der Waals surface area (Å²) < 4.78 is 40.8. The molecule has 0 bridgehead atoms.